The second-order valence-electron chi connectivity index (χ2n) is 8.33. The molecule has 1 N–H and O–H groups in total. The van der Waals surface area contributed by atoms with Crippen LogP contribution < -0.4 is 4.74 Å². The summed E-state index contributed by atoms with van der Waals surface area (Å²) in [6.07, 6.45) is 1.18. The quantitative estimate of drug-likeness (QED) is 0.834. The minimum absolute atomic E-state index is 0.101. The Morgan fingerprint density at radius 1 is 1.22 bits per heavy atom. The molecule has 1 aromatic heterocycles. The Morgan fingerprint density at radius 2 is 1.89 bits per heavy atom. The van der Waals surface area contributed by atoms with Gasteiger partial charge in [0.2, 0.25) is 5.88 Å². The Hall–Kier alpha value is -1.63. The third kappa shape index (κ3) is 4.13. The largest absolute Gasteiger partial charge is 0.468 e. The first-order chi connectivity index (χ1) is 12.5. The molecule has 2 aliphatic carbocycles. The summed E-state index contributed by atoms with van der Waals surface area (Å²) < 4.78 is 41.2. The van der Waals surface area contributed by atoms with Gasteiger partial charge in [0.25, 0.3) is 0 Å². The van der Waals surface area contributed by atoms with E-state index >= 15 is 0 Å². The van der Waals surface area contributed by atoms with Crippen LogP contribution in [0.25, 0.3) is 0 Å². The van der Waals surface area contributed by atoms with Crippen LogP contribution in [0.15, 0.2) is 18.3 Å². The van der Waals surface area contributed by atoms with Crippen molar-refractivity contribution >= 4 is 5.78 Å². The summed E-state index contributed by atoms with van der Waals surface area (Å²) in [4.78, 5) is 17.0. The zero-order valence-corrected chi connectivity index (χ0v) is 15.7. The van der Waals surface area contributed by atoms with Crippen molar-refractivity contribution in [2.75, 3.05) is 6.61 Å². The molecule has 0 amide bonds. The lowest BCUT2D eigenvalue weighted by molar-refractivity contribution is -0.154. The van der Waals surface area contributed by atoms with Gasteiger partial charge in [0.1, 0.15) is 5.78 Å². The van der Waals surface area contributed by atoms with Crippen molar-refractivity contribution in [2.45, 2.75) is 70.1 Å². The van der Waals surface area contributed by atoms with Crippen molar-refractivity contribution in [3.8, 4) is 5.88 Å². The zero-order valence-electron chi connectivity index (χ0n) is 15.7. The molecule has 0 bridgehead atoms. The Bertz CT molecular complexity index is 677. The molecule has 2 saturated carbocycles. The highest BCUT2D eigenvalue weighted by molar-refractivity contribution is 5.93. The van der Waals surface area contributed by atoms with Crippen LogP contribution in [-0.4, -0.2) is 34.3 Å². The Labute approximate surface area is 157 Å². The van der Waals surface area contributed by atoms with Crippen molar-refractivity contribution in [3.05, 3.63) is 23.9 Å². The predicted octanol–water partition coefficient (Wildman–Crippen LogP) is 4.42. The lowest BCUT2D eigenvalue weighted by Gasteiger charge is -2.43. The zero-order chi connectivity index (χ0) is 19.9. The SMILES string of the molecule is CC(C)C1(O)CCC2(CCC(c3ccc(OCC(F)(F)F)nc3)C2=O)CC1. The first kappa shape index (κ1) is 20.1. The molecule has 1 spiro atoms. The molecule has 7 heteroatoms. The highest BCUT2D eigenvalue weighted by atomic mass is 19.4. The molecule has 2 fully saturated rings. The van der Waals surface area contributed by atoms with Crippen LogP contribution in [0, 0.1) is 11.3 Å². The first-order valence-corrected chi connectivity index (χ1v) is 9.47. The van der Waals surface area contributed by atoms with Gasteiger partial charge in [-0.1, -0.05) is 19.9 Å². The van der Waals surface area contributed by atoms with E-state index in [-0.39, 0.29) is 28.9 Å². The maximum atomic E-state index is 13.1. The molecule has 0 aliphatic heterocycles. The van der Waals surface area contributed by atoms with Gasteiger partial charge in [-0.25, -0.2) is 4.98 Å². The van der Waals surface area contributed by atoms with Gasteiger partial charge in [0.15, 0.2) is 6.61 Å². The fourth-order valence-electron chi connectivity index (χ4n) is 4.44. The van der Waals surface area contributed by atoms with Gasteiger partial charge in [-0.05, 0) is 50.0 Å². The van der Waals surface area contributed by atoms with E-state index in [9.17, 15) is 23.1 Å². The number of ketones is 1. The van der Waals surface area contributed by atoms with Gasteiger partial charge in [0.05, 0.1) is 5.60 Å². The number of aliphatic hydroxyl groups is 1. The molecule has 0 radical (unpaired) electrons. The lowest BCUT2D eigenvalue weighted by Crippen LogP contribution is -2.44. The van der Waals surface area contributed by atoms with Crippen LogP contribution in [0.4, 0.5) is 13.2 Å². The second-order valence-corrected chi connectivity index (χ2v) is 8.33. The number of rotatable bonds is 4. The molecular formula is C20H26F3NO3. The average Bonchev–Trinajstić information content (AvgIpc) is 2.92. The van der Waals surface area contributed by atoms with E-state index in [1.54, 1.807) is 6.07 Å². The summed E-state index contributed by atoms with van der Waals surface area (Å²) in [5, 5.41) is 10.7. The second kappa shape index (κ2) is 7.08. The molecule has 2 aliphatic rings. The van der Waals surface area contributed by atoms with Gasteiger partial charge in [-0.3, -0.25) is 4.79 Å². The number of alkyl halides is 3. The third-order valence-corrected chi connectivity index (χ3v) is 6.44. The van der Waals surface area contributed by atoms with Crippen LogP contribution in [0.2, 0.25) is 0 Å². The van der Waals surface area contributed by atoms with Crippen LogP contribution in [0.3, 0.4) is 0 Å². The standard InChI is InChI=1S/C20H26F3NO3/c1-13(2)19(26)9-7-18(8-10-19)6-5-15(17(18)25)14-3-4-16(24-11-14)27-12-20(21,22)23/h3-4,11,13,15,26H,5-10,12H2,1-2H3. The fourth-order valence-corrected chi connectivity index (χ4v) is 4.44. The number of hydrogen-bond donors (Lipinski definition) is 1. The summed E-state index contributed by atoms with van der Waals surface area (Å²) in [7, 11) is 0. The van der Waals surface area contributed by atoms with Crippen molar-refractivity contribution < 1.29 is 27.8 Å². The Balaban J connectivity index is 1.65. The minimum Gasteiger partial charge on any atom is -0.468 e. The number of pyridine rings is 1. The van der Waals surface area contributed by atoms with E-state index in [4.69, 9.17) is 0 Å². The highest BCUT2D eigenvalue weighted by Gasteiger charge is 2.52. The van der Waals surface area contributed by atoms with Crippen molar-refractivity contribution in [1.82, 2.24) is 4.98 Å². The number of carbonyl (C=O) groups excluding carboxylic acids is 1. The van der Waals surface area contributed by atoms with Crippen LogP contribution >= 0.6 is 0 Å². The summed E-state index contributed by atoms with van der Waals surface area (Å²) in [5.74, 6) is -0.0371. The van der Waals surface area contributed by atoms with Gasteiger partial charge < -0.3 is 9.84 Å². The highest BCUT2D eigenvalue weighted by Crippen LogP contribution is 2.54. The van der Waals surface area contributed by atoms with Crippen LogP contribution in [-0.2, 0) is 4.79 Å². The van der Waals surface area contributed by atoms with Crippen molar-refractivity contribution in [3.63, 3.8) is 0 Å². The predicted molar refractivity (Wildman–Crippen MR) is 93.5 cm³/mol. The van der Waals surface area contributed by atoms with Gasteiger partial charge >= 0.3 is 6.18 Å². The molecule has 1 aromatic rings. The average molecular weight is 385 g/mol. The van der Waals surface area contributed by atoms with E-state index in [0.29, 0.717) is 32.1 Å². The number of carbonyl (C=O) groups is 1. The summed E-state index contributed by atoms with van der Waals surface area (Å²) in [6.45, 7) is 2.63. The maximum absolute atomic E-state index is 13.1. The third-order valence-electron chi connectivity index (χ3n) is 6.44. The number of hydrogen-bond acceptors (Lipinski definition) is 4. The number of halogens is 3. The summed E-state index contributed by atoms with van der Waals surface area (Å²) in [5.41, 5.74) is -0.346. The van der Waals surface area contributed by atoms with E-state index in [1.807, 2.05) is 13.8 Å². The Kier molecular flexibility index (Phi) is 5.27. The molecule has 4 nitrogen and oxygen atoms in total. The number of ether oxygens (including phenoxy) is 1. The molecule has 1 unspecified atom stereocenters. The smallest absolute Gasteiger partial charge is 0.422 e. The van der Waals surface area contributed by atoms with E-state index in [2.05, 4.69) is 9.72 Å². The molecule has 3 rings (SSSR count). The number of nitrogens with zero attached hydrogens (tertiary/aromatic N) is 1. The first-order valence-electron chi connectivity index (χ1n) is 9.47. The molecule has 27 heavy (non-hydrogen) atoms. The summed E-state index contributed by atoms with van der Waals surface area (Å²) >= 11 is 0. The number of Topliss-reactive ketones (excluding diaryl/α,β-unsaturated/α-hetero) is 1. The van der Waals surface area contributed by atoms with Crippen LogP contribution in [0.5, 0.6) is 5.88 Å². The van der Waals surface area contributed by atoms with Gasteiger partial charge in [0, 0.05) is 23.6 Å². The molecular weight excluding hydrogens is 359 g/mol. The van der Waals surface area contributed by atoms with Crippen molar-refractivity contribution in [1.29, 1.82) is 0 Å². The van der Waals surface area contributed by atoms with Crippen molar-refractivity contribution in [2.24, 2.45) is 11.3 Å². The minimum atomic E-state index is -4.41. The topological polar surface area (TPSA) is 59.4 Å². The normalized spacial score (nSPS) is 31.7. The fraction of sp³-hybridized carbons (Fsp3) is 0.700. The van der Waals surface area contributed by atoms with Gasteiger partial charge in [-0.15, -0.1) is 0 Å². The monoisotopic (exact) mass is 385 g/mol. The molecule has 0 saturated heterocycles. The molecule has 1 heterocycles. The lowest BCUT2D eigenvalue weighted by atomic mass is 9.64. The van der Waals surface area contributed by atoms with E-state index < -0.39 is 18.4 Å². The van der Waals surface area contributed by atoms with Crippen LogP contribution in [0.1, 0.15) is 63.9 Å². The molecule has 1 atom stereocenters. The molecule has 150 valence electrons. The number of aromatic nitrogens is 1. The molecule has 0 aromatic carbocycles. The Morgan fingerprint density at radius 3 is 2.41 bits per heavy atom. The maximum Gasteiger partial charge on any atom is 0.422 e. The summed E-state index contributed by atoms with van der Waals surface area (Å²) in [6, 6.07) is 3.02. The van der Waals surface area contributed by atoms with Gasteiger partial charge in [-0.2, -0.15) is 13.2 Å². The van der Waals surface area contributed by atoms with E-state index in [1.165, 1.54) is 12.3 Å². The van der Waals surface area contributed by atoms with E-state index in [0.717, 1.165) is 12.0 Å².